The summed E-state index contributed by atoms with van der Waals surface area (Å²) in [5.74, 6) is -0.221. The predicted molar refractivity (Wildman–Crippen MR) is 78.1 cm³/mol. The van der Waals surface area contributed by atoms with E-state index in [0.29, 0.717) is 11.3 Å². The highest BCUT2D eigenvalue weighted by Gasteiger charge is 2.24. The first kappa shape index (κ1) is 15.0. The molecule has 1 aromatic carbocycles. The van der Waals surface area contributed by atoms with Crippen LogP contribution in [0.5, 0.6) is 0 Å². The topological polar surface area (TPSA) is 75.3 Å². The number of nitrogens with one attached hydrogen (secondary N) is 2. The van der Waals surface area contributed by atoms with E-state index in [1.54, 1.807) is 19.1 Å². The fraction of sp³-hybridized carbons (Fsp3) is 0.500. The lowest BCUT2D eigenvalue weighted by molar-refractivity contribution is -0.114. The van der Waals surface area contributed by atoms with E-state index in [0.717, 1.165) is 25.7 Å². The molecule has 1 saturated carbocycles. The van der Waals surface area contributed by atoms with Gasteiger partial charge in [-0.3, -0.25) is 4.79 Å². The highest BCUT2D eigenvalue weighted by molar-refractivity contribution is 7.89. The smallest absolute Gasteiger partial charge is 0.241 e. The summed E-state index contributed by atoms with van der Waals surface area (Å²) in [5, 5.41) is 2.61. The summed E-state index contributed by atoms with van der Waals surface area (Å²) < 4.78 is 27.6. The fourth-order valence-corrected chi connectivity index (χ4v) is 4.07. The first-order valence-electron chi connectivity index (χ1n) is 6.79. The molecule has 0 aromatic heterocycles. The number of benzene rings is 1. The molecule has 6 heteroatoms. The zero-order chi connectivity index (χ0) is 14.8. The molecule has 1 aliphatic rings. The van der Waals surface area contributed by atoms with Crippen LogP contribution in [0.4, 0.5) is 5.69 Å². The molecule has 20 heavy (non-hydrogen) atoms. The number of aryl methyl sites for hydroxylation is 1. The molecule has 0 aliphatic heterocycles. The molecule has 0 bridgehead atoms. The molecule has 1 fully saturated rings. The Morgan fingerprint density at radius 1 is 1.25 bits per heavy atom. The molecule has 0 heterocycles. The lowest BCUT2D eigenvalue weighted by Gasteiger charge is -2.15. The third-order valence-electron chi connectivity index (χ3n) is 3.48. The minimum Gasteiger partial charge on any atom is -0.326 e. The van der Waals surface area contributed by atoms with Gasteiger partial charge in [0.1, 0.15) is 0 Å². The molecule has 0 unspecified atom stereocenters. The summed E-state index contributed by atoms with van der Waals surface area (Å²) >= 11 is 0. The average molecular weight is 296 g/mol. The Bertz CT molecular complexity index is 605. The van der Waals surface area contributed by atoms with Crippen LogP contribution in [-0.2, 0) is 14.8 Å². The standard InChI is InChI=1S/C14H20N2O3S/c1-10-7-8-13(15-11(2)17)9-14(10)20(18,19)16-12-5-3-4-6-12/h7-9,12,16H,3-6H2,1-2H3,(H,15,17). The SMILES string of the molecule is CC(=O)Nc1ccc(C)c(S(=O)(=O)NC2CCCC2)c1. The van der Waals surface area contributed by atoms with Crippen molar-refractivity contribution in [2.45, 2.75) is 50.5 Å². The van der Waals surface area contributed by atoms with Crippen molar-refractivity contribution in [1.82, 2.24) is 4.72 Å². The second-order valence-electron chi connectivity index (χ2n) is 5.26. The Hall–Kier alpha value is -1.40. The van der Waals surface area contributed by atoms with Crippen LogP contribution in [0.25, 0.3) is 0 Å². The van der Waals surface area contributed by atoms with E-state index < -0.39 is 10.0 Å². The van der Waals surface area contributed by atoms with Crippen LogP contribution < -0.4 is 10.0 Å². The molecular formula is C14H20N2O3S. The fourth-order valence-electron chi connectivity index (χ4n) is 2.50. The van der Waals surface area contributed by atoms with Crippen LogP contribution in [0.15, 0.2) is 23.1 Å². The summed E-state index contributed by atoms with van der Waals surface area (Å²) in [6.07, 6.45) is 3.92. The van der Waals surface area contributed by atoms with E-state index in [1.165, 1.54) is 13.0 Å². The average Bonchev–Trinajstić information content (AvgIpc) is 2.82. The molecule has 0 radical (unpaired) electrons. The van der Waals surface area contributed by atoms with E-state index in [2.05, 4.69) is 10.0 Å². The zero-order valence-electron chi connectivity index (χ0n) is 11.8. The highest BCUT2D eigenvalue weighted by Crippen LogP contribution is 2.24. The molecule has 5 nitrogen and oxygen atoms in total. The monoisotopic (exact) mass is 296 g/mol. The molecular weight excluding hydrogens is 276 g/mol. The number of hydrogen-bond donors (Lipinski definition) is 2. The molecule has 0 saturated heterocycles. The Balaban J connectivity index is 2.27. The number of amides is 1. The van der Waals surface area contributed by atoms with Crippen LogP contribution in [0, 0.1) is 6.92 Å². The van der Waals surface area contributed by atoms with Crippen LogP contribution in [0.3, 0.4) is 0 Å². The number of anilines is 1. The van der Waals surface area contributed by atoms with Crippen molar-refractivity contribution in [3.63, 3.8) is 0 Å². The third-order valence-corrected chi connectivity index (χ3v) is 5.14. The zero-order valence-corrected chi connectivity index (χ0v) is 12.6. The lowest BCUT2D eigenvalue weighted by atomic mass is 10.2. The maximum Gasteiger partial charge on any atom is 0.241 e. The van der Waals surface area contributed by atoms with Crippen molar-refractivity contribution in [3.8, 4) is 0 Å². The minimum absolute atomic E-state index is 0.0313. The normalized spacial score (nSPS) is 16.3. The predicted octanol–water partition coefficient (Wildman–Crippen LogP) is 2.17. The first-order chi connectivity index (χ1) is 9.38. The van der Waals surface area contributed by atoms with Crippen LogP contribution in [0.1, 0.15) is 38.2 Å². The molecule has 1 amide bonds. The molecule has 110 valence electrons. The van der Waals surface area contributed by atoms with Crippen molar-refractivity contribution in [1.29, 1.82) is 0 Å². The third kappa shape index (κ3) is 3.58. The maximum atomic E-state index is 12.4. The van der Waals surface area contributed by atoms with E-state index in [-0.39, 0.29) is 16.8 Å². The lowest BCUT2D eigenvalue weighted by Crippen LogP contribution is -2.33. The van der Waals surface area contributed by atoms with Gasteiger partial charge in [-0.1, -0.05) is 18.9 Å². The van der Waals surface area contributed by atoms with Crippen molar-refractivity contribution < 1.29 is 13.2 Å². The molecule has 1 aliphatic carbocycles. The number of carbonyl (C=O) groups is 1. The van der Waals surface area contributed by atoms with Gasteiger partial charge in [0, 0.05) is 18.7 Å². The van der Waals surface area contributed by atoms with Crippen molar-refractivity contribution in [2.24, 2.45) is 0 Å². The molecule has 1 aromatic rings. The first-order valence-corrected chi connectivity index (χ1v) is 8.27. The molecule has 0 atom stereocenters. The van der Waals surface area contributed by atoms with Gasteiger partial charge in [0.05, 0.1) is 4.90 Å². The van der Waals surface area contributed by atoms with Crippen LogP contribution in [-0.4, -0.2) is 20.4 Å². The summed E-state index contributed by atoms with van der Waals surface area (Å²) in [7, 11) is -3.53. The number of rotatable bonds is 4. The van der Waals surface area contributed by atoms with E-state index in [1.807, 2.05) is 0 Å². The Morgan fingerprint density at radius 2 is 1.90 bits per heavy atom. The quantitative estimate of drug-likeness (QED) is 0.894. The molecule has 2 N–H and O–H groups in total. The molecule has 2 rings (SSSR count). The summed E-state index contributed by atoms with van der Waals surface area (Å²) in [5.41, 5.74) is 1.17. The van der Waals surface area contributed by atoms with Crippen molar-refractivity contribution in [3.05, 3.63) is 23.8 Å². The number of hydrogen-bond acceptors (Lipinski definition) is 3. The summed E-state index contributed by atoms with van der Waals surface area (Å²) in [4.78, 5) is 11.3. The van der Waals surface area contributed by atoms with Crippen molar-refractivity contribution in [2.75, 3.05) is 5.32 Å². The Morgan fingerprint density at radius 3 is 2.50 bits per heavy atom. The van der Waals surface area contributed by atoms with Gasteiger partial charge in [-0.25, -0.2) is 13.1 Å². The van der Waals surface area contributed by atoms with Crippen LogP contribution in [0.2, 0.25) is 0 Å². The van der Waals surface area contributed by atoms with Crippen molar-refractivity contribution >= 4 is 21.6 Å². The van der Waals surface area contributed by atoms with Gasteiger partial charge >= 0.3 is 0 Å². The van der Waals surface area contributed by atoms with Gasteiger partial charge in [-0.2, -0.15) is 0 Å². The van der Waals surface area contributed by atoms with E-state index in [9.17, 15) is 13.2 Å². The summed E-state index contributed by atoms with van der Waals surface area (Å²) in [6.45, 7) is 3.14. The number of carbonyl (C=O) groups excluding carboxylic acids is 1. The van der Waals surface area contributed by atoms with Crippen LogP contribution >= 0.6 is 0 Å². The van der Waals surface area contributed by atoms with Gasteiger partial charge < -0.3 is 5.32 Å². The minimum atomic E-state index is -3.53. The van der Waals surface area contributed by atoms with E-state index in [4.69, 9.17) is 0 Å². The largest absolute Gasteiger partial charge is 0.326 e. The maximum absolute atomic E-state index is 12.4. The van der Waals surface area contributed by atoms with Gasteiger partial charge in [-0.05, 0) is 37.5 Å². The van der Waals surface area contributed by atoms with Gasteiger partial charge in [0.25, 0.3) is 0 Å². The Kier molecular flexibility index (Phi) is 4.45. The Labute approximate surface area is 119 Å². The molecule has 0 spiro atoms. The van der Waals surface area contributed by atoms with E-state index >= 15 is 0 Å². The van der Waals surface area contributed by atoms with Gasteiger partial charge in [0.2, 0.25) is 15.9 Å². The number of sulfonamides is 1. The van der Waals surface area contributed by atoms with Gasteiger partial charge in [0.15, 0.2) is 0 Å². The van der Waals surface area contributed by atoms with Gasteiger partial charge in [-0.15, -0.1) is 0 Å². The highest BCUT2D eigenvalue weighted by atomic mass is 32.2. The summed E-state index contributed by atoms with van der Waals surface area (Å²) in [6, 6.07) is 4.94. The second kappa shape index (κ2) is 5.93. The second-order valence-corrected chi connectivity index (χ2v) is 6.95.